The topological polar surface area (TPSA) is 79.6 Å². The summed E-state index contributed by atoms with van der Waals surface area (Å²) >= 11 is 1.66. The average molecular weight is 409 g/mol. The zero-order valence-corrected chi connectivity index (χ0v) is 16.9. The Morgan fingerprint density at radius 2 is 2.04 bits per heavy atom. The summed E-state index contributed by atoms with van der Waals surface area (Å²) < 4.78 is 32.4. The van der Waals surface area contributed by atoms with Gasteiger partial charge in [0.15, 0.2) is 0 Å². The fourth-order valence-corrected chi connectivity index (χ4v) is 5.52. The summed E-state index contributed by atoms with van der Waals surface area (Å²) in [6, 6.07) is 8.63. The number of furan rings is 1. The Hall–Kier alpha value is -1.77. The van der Waals surface area contributed by atoms with E-state index in [1.165, 1.54) is 10.4 Å². The Labute approximate surface area is 164 Å². The van der Waals surface area contributed by atoms with Gasteiger partial charge in [0.05, 0.1) is 16.9 Å². The predicted octanol–water partition coefficient (Wildman–Crippen LogP) is 3.04. The molecular weight excluding hydrogens is 384 g/mol. The van der Waals surface area contributed by atoms with Gasteiger partial charge in [-0.1, -0.05) is 6.07 Å². The highest BCUT2D eigenvalue weighted by atomic mass is 32.2. The molecule has 1 N–H and O–H groups in total. The molecule has 1 saturated heterocycles. The van der Waals surface area contributed by atoms with E-state index >= 15 is 0 Å². The van der Waals surface area contributed by atoms with Crippen LogP contribution in [0.5, 0.6) is 0 Å². The molecule has 0 bridgehead atoms. The molecule has 0 saturated carbocycles. The summed E-state index contributed by atoms with van der Waals surface area (Å²) in [5.74, 6) is 2.15. The largest absolute Gasteiger partial charge is 0.468 e. The Morgan fingerprint density at radius 1 is 1.26 bits per heavy atom. The van der Waals surface area contributed by atoms with E-state index in [2.05, 4.69) is 5.32 Å². The minimum atomic E-state index is -3.54. The highest BCUT2D eigenvalue weighted by molar-refractivity contribution is 7.98. The van der Waals surface area contributed by atoms with Gasteiger partial charge in [-0.25, -0.2) is 8.42 Å². The molecule has 8 heteroatoms. The van der Waals surface area contributed by atoms with Crippen molar-refractivity contribution < 1.29 is 17.6 Å². The van der Waals surface area contributed by atoms with Crippen LogP contribution in [0.3, 0.4) is 0 Å². The van der Waals surface area contributed by atoms with Crippen molar-refractivity contribution in [1.29, 1.82) is 0 Å². The second-order valence-corrected chi connectivity index (χ2v) is 9.49. The lowest BCUT2D eigenvalue weighted by Gasteiger charge is -2.17. The molecule has 2 heterocycles. The fraction of sp³-hybridized carbons (Fsp3) is 0.421. The van der Waals surface area contributed by atoms with Gasteiger partial charge in [-0.3, -0.25) is 4.79 Å². The van der Waals surface area contributed by atoms with Gasteiger partial charge in [-0.05, 0) is 49.6 Å². The summed E-state index contributed by atoms with van der Waals surface area (Å²) in [4.78, 5) is 12.6. The lowest BCUT2D eigenvalue weighted by molar-refractivity contribution is 0.0956. The zero-order valence-electron chi connectivity index (χ0n) is 15.3. The number of nitrogens with one attached hydrogen (secondary N) is 1. The monoisotopic (exact) mass is 408 g/mol. The van der Waals surface area contributed by atoms with Crippen LogP contribution in [-0.2, 0) is 15.8 Å². The van der Waals surface area contributed by atoms with Gasteiger partial charge in [0.1, 0.15) is 5.76 Å². The summed E-state index contributed by atoms with van der Waals surface area (Å²) in [6.07, 6.45) is 3.41. The van der Waals surface area contributed by atoms with Crippen LogP contribution in [0.2, 0.25) is 0 Å². The molecule has 1 fully saturated rings. The molecule has 1 amide bonds. The van der Waals surface area contributed by atoms with E-state index in [0.29, 0.717) is 30.8 Å². The molecule has 1 aliphatic rings. The predicted molar refractivity (Wildman–Crippen MR) is 106 cm³/mol. The number of hydrogen-bond donors (Lipinski definition) is 1. The summed E-state index contributed by atoms with van der Waals surface area (Å²) in [5.41, 5.74) is 1.03. The van der Waals surface area contributed by atoms with Gasteiger partial charge < -0.3 is 9.73 Å². The summed E-state index contributed by atoms with van der Waals surface area (Å²) in [6.45, 7) is 3.36. The molecule has 1 aliphatic heterocycles. The second-order valence-electron chi connectivity index (χ2n) is 6.48. The number of amides is 1. The van der Waals surface area contributed by atoms with E-state index in [1.54, 1.807) is 37.1 Å². The molecule has 1 aromatic heterocycles. The highest BCUT2D eigenvalue weighted by Gasteiger charge is 2.29. The van der Waals surface area contributed by atoms with Crippen LogP contribution in [0.15, 0.2) is 45.9 Å². The van der Waals surface area contributed by atoms with Gasteiger partial charge in [0.2, 0.25) is 10.0 Å². The molecule has 0 spiro atoms. The number of thioether (sulfide) groups is 1. The van der Waals surface area contributed by atoms with Crippen molar-refractivity contribution in [3.8, 4) is 0 Å². The molecule has 3 rings (SSSR count). The number of rotatable bonds is 8. The van der Waals surface area contributed by atoms with Crippen LogP contribution in [0.1, 0.15) is 34.5 Å². The van der Waals surface area contributed by atoms with E-state index < -0.39 is 10.0 Å². The molecule has 27 heavy (non-hydrogen) atoms. The van der Waals surface area contributed by atoms with Crippen LogP contribution in [-0.4, -0.2) is 44.0 Å². The third-order valence-electron chi connectivity index (χ3n) is 4.49. The molecule has 0 unspecified atom stereocenters. The number of hydrogen-bond acceptors (Lipinski definition) is 5. The van der Waals surface area contributed by atoms with Crippen molar-refractivity contribution >= 4 is 27.7 Å². The highest BCUT2D eigenvalue weighted by Crippen LogP contribution is 2.24. The molecular formula is C19H24N2O4S2. The van der Waals surface area contributed by atoms with Gasteiger partial charge in [0.25, 0.3) is 5.91 Å². The Balaban J connectivity index is 1.58. The number of carbonyl (C=O) groups is 1. The van der Waals surface area contributed by atoms with E-state index in [4.69, 9.17) is 4.42 Å². The van der Waals surface area contributed by atoms with Gasteiger partial charge in [-0.15, -0.1) is 0 Å². The first-order valence-electron chi connectivity index (χ1n) is 8.97. The third-order valence-corrected chi connectivity index (χ3v) is 7.51. The SMILES string of the molecule is Cc1ccc(C(=O)NCCSCc2ccco2)cc1S(=O)(=O)N1CCCC1. The normalized spacial score (nSPS) is 15.1. The second kappa shape index (κ2) is 8.95. The molecule has 2 aromatic rings. The Bertz CT molecular complexity index is 873. The zero-order chi connectivity index (χ0) is 19.3. The number of benzene rings is 1. The Morgan fingerprint density at radius 3 is 2.74 bits per heavy atom. The summed E-state index contributed by atoms with van der Waals surface area (Å²) in [5, 5.41) is 2.85. The van der Waals surface area contributed by atoms with Crippen LogP contribution in [0, 0.1) is 6.92 Å². The number of aryl methyl sites for hydroxylation is 1. The van der Waals surface area contributed by atoms with E-state index in [9.17, 15) is 13.2 Å². The van der Waals surface area contributed by atoms with E-state index in [1.807, 2.05) is 12.1 Å². The molecule has 6 nitrogen and oxygen atoms in total. The molecule has 146 valence electrons. The van der Waals surface area contributed by atoms with Gasteiger partial charge >= 0.3 is 0 Å². The smallest absolute Gasteiger partial charge is 0.251 e. The minimum Gasteiger partial charge on any atom is -0.468 e. The van der Waals surface area contributed by atoms with E-state index in [-0.39, 0.29) is 10.8 Å². The lowest BCUT2D eigenvalue weighted by atomic mass is 10.1. The van der Waals surface area contributed by atoms with Crippen LogP contribution in [0.4, 0.5) is 0 Å². The van der Waals surface area contributed by atoms with Crippen molar-refractivity contribution in [3.63, 3.8) is 0 Å². The van der Waals surface area contributed by atoms with Crippen LogP contribution >= 0.6 is 11.8 Å². The van der Waals surface area contributed by atoms with Crippen molar-refractivity contribution in [3.05, 3.63) is 53.5 Å². The molecule has 0 aliphatic carbocycles. The quantitative estimate of drug-likeness (QED) is 0.679. The first-order valence-corrected chi connectivity index (χ1v) is 11.6. The number of carbonyl (C=O) groups excluding carboxylic acids is 1. The first kappa shape index (κ1) is 20.0. The standard InChI is InChI=1S/C19H24N2O4S2/c1-15-6-7-16(13-18(15)27(23,24)21-9-2-3-10-21)19(22)20-8-12-26-14-17-5-4-11-25-17/h4-7,11,13H,2-3,8-10,12,14H2,1H3,(H,20,22). The number of nitrogens with zero attached hydrogens (tertiary/aromatic N) is 1. The number of sulfonamides is 1. The lowest BCUT2D eigenvalue weighted by Crippen LogP contribution is -2.29. The third kappa shape index (κ3) is 4.94. The van der Waals surface area contributed by atoms with Crippen molar-refractivity contribution in [2.24, 2.45) is 0 Å². The maximum Gasteiger partial charge on any atom is 0.251 e. The first-order chi connectivity index (χ1) is 13.0. The average Bonchev–Trinajstić information content (AvgIpc) is 3.35. The fourth-order valence-electron chi connectivity index (χ4n) is 2.99. The van der Waals surface area contributed by atoms with Gasteiger partial charge in [-0.2, -0.15) is 16.1 Å². The molecule has 1 aromatic carbocycles. The maximum absolute atomic E-state index is 12.8. The molecule has 0 radical (unpaired) electrons. The molecule has 0 atom stereocenters. The van der Waals surface area contributed by atoms with E-state index in [0.717, 1.165) is 30.1 Å². The van der Waals surface area contributed by atoms with Gasteiger partial charge in [0, 0.05) is 31.0 Å². The van der Waals surface area contributed by atoms with Crippen LogP contribution < -0.4 is 5.32 Å². The Kier molecular flexibility index (Phi) is 6.62. The van der Waals surface area contributed by atoms with Crippen molar-refractivity contribution in [1.82, 2.24) is 9.62 Å². The summed E-state index contributed by atoms with van der Waals surface area (Å²) in [7, 11) is -3.54. The van der Waals surface area contributed by atoms with Crippen molar-refractivity contribution in [2.75, 3.05) is 25.4 Å². The minimum absolute atomic E-state index is 0.226. The van der Waals surface area contributed by atoms with Crippen LogP contribution in [0.25, 0.3) is 0 Å². The maximum atomic E-state index is 12.8. The van der Waals surface area contributed by atoms with Crippen molar-refractivity contribution in [2.45, 2.75) is 30.4 Å².